The van der Waals surface area contributed by atoms with Crippen LogP contribution in [0.15, 0.2) is 30.3 Å². The largest absolute Gasteiger partial charge is 0.314 e. The lowest BCUT2D eigenvalue weighted by molar-refractivity contribution is 0.146. The Morgan fingerprint density at radius 2 is 2.05 bits per heavy atom. The van der Waals surface area contributed by atoms with E-state index in [1.165, 1.54) is 57.4 Å². The maximum atomic E-state index is 3.70. The van der Waals surface area contributed by atoms with Gasteiger partial charge in [-0.25, -0.2) is 0 Å². The van der Waals surface area contributed by atoms with Crippen molar-refractivity contribution in [1.29, 1.82) is 0 Å². The van der Waals surface area contributed by atoms with Crippen molar-refractivity contribution in [2.45, 2.75) is 45.6 Å². The van der Waals surface area contributed by atoms with Gasteiger partial charge < -0.3 is 10.2 Å². The van der Waals surface area contributed by atoms with Crippen LogP contribution in [0.1, 0.15) is 38.7 Å². The van der Waals surface area contributed by atoms with E-state index in [2.05, 4.69) is 54.4 Å². The molecule has 20 heavy (non-hydrogen) atoms. The Labute approximate surface area is 124 Å². The molecule has 2 atom stereocenters. The summed E-state index contributed by atoms with van der Waals surface area (Å²) in [6.45, 7) is 9.59. The average Bonchev–Trinajstić information content (AvgIpc) is 2.47. The second kappa shape index (κ2) is 8.43. The van der Waals surface area contributed by atoms with Crippen LogP contribution in [0, 0.1) is 5.92 Å². The van der Waals surface area contributed by atoms with Crippen molar-refractivity contribution in [2.75, 3.05) is 26.2 Å². The Balaban J connectivity index is 1.66. The molecule has 2 heteroatoms. The molecule has 2 unspecified atom stereocenters. The summed E-state index contributed by atoms with van der Waals surface area (Å²) in [6.07, 6.45) is 5.05. The van der Waals surface area contributed by atoms with Gasteiger partial charge in [-0.1, -0.05) is 44.2 Å². The minimum Gasteiger partial charge on any atom is -0.314 e. The summed E-state index contributed by atoms with van der Waals surface area (Å²) in [5.74, 6) is 0.784. The lowest BCUT2D eigenvalue weighted by Crippen LogP contribution is -2.48. The summed E-state index contributed by atoms with van der Waals surface area (Å²) >= 11 is 0. The number of rotatable bonds is 7. The molecule has 0 aliphatic carbocycles. The van der Waals surface area contributed by atoms with Crippen molar-refractivity contribution in [1.82, 2.24) is 10.2 Å². The summed E-state index contributed by atoms with van der Waals surface area (Å²) in [7, 11) is 0. The highest BCUT2D eigenvalue weighted by molar-refractivity contribution is 5.14. The number of nitrogens with one attached hydrogen (secondary N) is 1. The molecule has 0 bridgehead atoms. The molecule has 0 aromatic heterocycles. The maximum Gasteiger partial charge on any atom is 0.0117 e. The number of likely N-dealkylation sites (tertiary alicyclic amines) is 1. The molecule has 2 nitrogen and oxygen atoms in total. The first-order chi connectivity index (χ1) is 9.79. The highest BCUT2D eigenvalue weighted by Crippen LogP contribution is 2.17. The number of hydrogen-bond donors (Lipinski definition) is 1. The standard InChI is InChI=1S/C18H30N2/c1-3-12-19-18-11-14-20(15-16(18)2)13-7-10-17-8-5-4-6-9-17/h4-6,8-9,16,18-19H,3,7,10-15H2,1-2H3. The van der Waals surface area contributed by atoms with E-state index in [-0.39, 0.29) is 0 Å². The predicted octanol–water partition coefficient (Wildman–Crippen LogP) is 3.33. The third kappa shape index (κ3) is 4.92. The van der Waals surface area contributed by atoms with Crippen molar-refractivity contribution < 1.29 is 0 Å². The fraction of sp³-hybridized carbons (Fsp3) is 0.667. The lowest BCUT2D eigenvalue weighted by atomic mass is 9.93. The van der Waals surface area contributed by atoms with Crippen LogP contribution in [0.2, 0.25) is 0 Å². The molecule has 1 aromatic carbocycles. The van der Waals surface area contributed by atoms with Crippen LogP contribution >= 0.6 is 0 Å². The molecule has 112 valence electrons. The average molecular weight is 274 g/mol. The minimum atomic E-state index is 0.736. The number of nitrogens with zero attached hydrogens (tertiary/aromatic N) is 1. The van der Waals surface area contributed by atoms with Gasteiger partial charge in [0, 0.05) is 12.6 Å². The Kier molecular flexibility index (Phi) is 6.55. The molecule has 1 heterocycles. The van der Waals surface area contributed by atoms with E-state index in [0.717, 1.165) is 12.0 Å². The number of aryl methyl sites for hydroxylation is 1. The van der Waals surface area contributed by atoms with Crippen LogP contribution < -0.4 is 5.32 Å². The molecule has 2 rings (SSSR count). The van der Waals surface area contributed by atoms with Gasteiger partial charge in [0.2, 0.25) is 0 Å². The maximum absolute atomic E-state index is 3.70. The zero-order chi connectivity index (χ0) is 14.2. The van der Waals surface area contributed by atoms with Gasteiger partial charge in [-0.15, -0.1) is 0 Å². The van der Waals surface area contributed by atoms with Gasteiger partial charge in [-0.3, -0.25) is 0 Å². The molecule has 0 radical (unpaired) electrons. The third-order valence-corrected chi connectivity index (χ3v) is 4.43. The van der Waals surface area contributed by atoms with E-state index >= 15 is 0 Å². The summed E-state index contributed by atoms with van der Waals surface area (Å²) < 4.78 is 0. The molecule has 0 saturated carbocycles. The van der Waals surface area contributed by atoms with Gasteiger partial charge in [-0.2, -0.15) is 0 Å². The molecule has 1 aromatic rings. The Hall–Kier alpha value is -0.860. The monoisotopic (exact) mass is 274 g/mol. The third-order valence-electron chi connectivity index (χ3n) is 4.43. The van der Waals surface area contributed by atoms with Crippen LogP contribution in [0.25, 0.3) is 0 Å². The first kappa shape index (κ1) is 15.5. The molecule has 1 aliphatic heterocycles. The normalized spacial score (nSPS) is 23.9. The van der Waals surface area contributed by atoms with Crippen LogP contribution in [-0.4, -0.2) is 37.1 Å². The fourth-order valence-electron chi connectivity index (χ4n) is 3.22. The smallest absolute Gasteiger partial charge is 0.0117 e. The van der Waals surface area contributed by atoms with Crippen LogP contribution in [0.4, 0.5) is 0 Å². The van der Waals surface area contributed by atoms with Crippen molar-refractivity contribution in [3.63, 3.8) is 0 Å². The number of hydrogen-bond acceptors (Lipinski definition) is 2. The van der Waals surface area contributed by atoms with Crippen LogP contribution in [0.5, 0.6) is 0 Å². The number of benzene rings is 1. The van der Waals surface area contributed by atoms with E-state index in [9.17, 15) is 0 Å². The van der Waals surface area contributed by atoms with Crippen molar-refractivity contribution in [2.24, 2.45) is 5.92 Å². The fourth-order valence-corrected chi connectivity index (χ4v) is 3.22. The van der Waals surface area contributed by atoms with Crippen molar-refractivity contribution in [3.05, 3.63) is 35.9 Å². The first-order valence-corrected chi connectivity index (χ1v) is 8.29. The van der Waals surface area contributed by atoms with Gasteiger partial charge in [0.1, 0.15) is 0 Å². The molecular weight excluding hydrogens is 244 g/mol. The highest BCUT2D eigenvalue weighted by atomic mass is 15.1. The first-order valence-electron chi connectivity index (χ1n) is 8.29. The Morgan fingerprint density at radius 1 is 1.25 bits per heavy atom. The summed E-state index contributed by atoms with van der Waals surface area (Å²) in [5.41, 5.74) is 1.47. The zero-order valence-corrected chi connectivity index (χ0v) is 13.1. The molecular formula is C18H30N2. The molecule has 1 N–H and O–H groups in total. The summed E-state index contributed by atoms with van der Waals surface area (Å²) in [5, 5.41) is 3.70. The molecule has 0 amide bonds. The van der Waals surface area contributed by atoms with Gasteiger partial charge >= 0.3 is 0 Å². The van der Waals surface area contributed by atoms with Crippen LogP contribution in [0.3, 0.4) is 0 Å². The Bertz CT molecular complexity index is 363. The van der Waals surface area contributed by atoms with Crippen molar-refractivity contribution >= 4 is 0 Å². The minimum absolute atomic E-state index is 0.736. The second-order valence-electron chi connectivity index (χ2n) is 6.22. The second-order valence-corrected chi connectivity index (χ2v) is 6.22. The van der Waals surface area contributed by atoms with Gasteiger partial charge in [0.15, 0.2) is 0 Å². The van der Waals surface area contributed by atoms with Gasteiger partial charge in [0.05, 0.1) is 0 Å². The molecule has 1 aliphatic rings. The lowest BCUT2D eigenvalue weighted by Gasteiger charge is -2.37. The molecule has 0 spiro atoms. The van der Waals surface area contributed by atoms with Crippen molar-refractivity contribution in [3.8, 4) is 0 Å². The zero-order valence-electron chi connectivity index (χ0n) is 13.1. The van der Waals surface area contributed by atoms with E-state index < -0.39 is 0 Å². The van der Waals surface area contributed by atoms with Gasteiger partial charge in [-0.05, 0) is 56.8 Å². The van der Waals surface area contributed by atoms with Crippen LogP contribution in [-0.2, 0) is 6.42 Å². The van der Waals surface area contributed by atoms with E-state index in [4.69, 9.17) is 0 Å². The molecule has 1 fully saturated rings. The topological polar surface area (TPSA) is 15.3 Å². The summed E-state index contributed by atoms with van der Waals surface area (Å²) in [4.78, 5) is 2.65. The quantitative estimate of drug-likeness (QED) is 0.820. The Morgan fingerprint density at radius 3 is 2.75 bits per heavy atom. The molecule has 1 saturated heterocycles. The van der Waals surface area contributed by atoms with E-state index in [1.807, 2.05) is 0 Å². The highest BCUT2D eigenvalue weighted by Gasteiger charge is 2.24. The van der Waals surface area contributed by atoms with E-state index in [1.54, 1.807) is 0 Å². The van der Waals surface area contributed by atoms with Gasteiger partial charge in [0.25, 0.3) is 0 Å². The SMILES string of the molecule is CCCNC1CCN(CCCc2ccccc2)CC1C. The number of piperidine rings is 1. The van der Waals surface area contributed by atoms with E-state index in [0.29, 0.717) is 0 Å². The predicted molar refractivity (Wildman–Crippen MR) is 87.1 cm³/mol. The summed E-state index contributed by atoms with van der Waals surface area (Å²) in [6, 6.07) is 11.6.